The number of ether oxygens (including phenoxy) is 1. The summed E-state index contributed by atoms with van der Waals surface area (Å²) in [6.07, 6.45) is 0. The van der Waals surface area contributed by atoms with E-state index in [0.29, 0.717) is 13.2 Å². The van der Waals surface area contributed by atoms with Crippen LogP contribution in [0.2, 0.25) is 0 Å². The first-order chi connectivity index (χ1) is 9.51. The molecule has 0 saturated heterocycles. The first kappa shape index (κ1) is 14.5. The lowest BCUT2D eigenvalue weighted by atomic mass is 10.1. The van der Waals surface area contributed by atoms with Crippen LogP contribution >= 0.6 is 0 Å². The Morgan fingerprint density at radius 1 is 1.05 bits per heavy atom. The molecular weight excluding hydrogens is 253 g/mol. The predicted octanol–water partition coefficient (Wildman–Crippen LogP) is 3.79. The van der Waals surface area contributed by atoms with Gasteiger partial charge in [-0.05, 0) is 66.8 Å². The van der Waals surface area contributed by atoms with Crippen molar-refractivity contribution < 1.29 is 9.13 Å². The second kappa shape index (κ2) is 6.06. The molecule has 0 bridgehead atoms. The summed E-state index contributed by atoms with van der Waals surface area (Å²) in [4.78, 5) is 0. The van der Waals surface area contributed by atoms with Crippen LogP contribution in [0.15, 0.2) is 30.3 Å². The van der Waals surface area contributed by atoms with E-state index >= 15 is 0 Å². The zero-order valence-electron chi connectivity index (χ0n) is 12.2. The van der Waals surface area contributed by atoms with Gasteiger partial charge >= 0.3 is 0 Å². The lowest BCUT2D eigenvalue weighted by molar-refractivity contribution is 0.302. The van der Waals surface area contributed by atoms with Gasteiger partial charge in [0.25, 0.3) is 0 Å². The van der Waals surface area contributed by atoms with Crippen LogP contribution in [0.5, 0.6) is 5.75 Å². The first-order valence-corrected chi connectivity index (χ1v) is 6.69. The van der Waals surface area contributed by atoms with Gasteiger partial charge in [-0.1, -0.05) is 12.1 Å². The maximum Gasteiger partial charge on any atom is 0.123 e. The Kier molecular flexibility index (Phi) is 4.40. The van der Waals surface area contributed by atoms with Crippen molar-refractivity contribution in [1.82, 2.24) is 0 Å². The number of aryl methyl sites for hydroxylation is 2. The molecule has 0 atom stereocenters. The van der Waals surface area contributed by atoms with Crippen molar-refractivity contribution in [2.75, 3.05) is 0 Å². The van der Waals surface area contributed by atoms with Gasteiger partial charge in [0, 0.05) is 6.54 Å². The van der Waals surface area contributed by atoms with E-state index in [4.69, 9.17) is 10.5 Å². The van der Waals surface area contributed by atoms with Crippen molar-refractivity contribution >= 4 is 0 Å². The van der Waals surface area contributed by atoms with Gasteiger partial charge in [-0.15, -0.1) is 0 Å². The fourth-order valence-electron chi connectivity index (χ4n) is 2.23. The Bertz CT molecular complexity index is 623. The summed E-state index contributed by atoms with van der Waals surface area (Å²) in [7, 11) is 0. The Labute approximate surface area is 119 Å². The molecule has 0 aliphatic carbocycles. The standard InChI is InChI=1S/C17H20FNO/c1-11-6-12(2)13(3)17(7-11)20-10-15-8-16(18)5-4-14(15)9-19/h4-8H,9-10,19H2,1-3H3. The second-order valence-electron chi connectivity index (χ2n) is 5.11. The molecule has 0 unspecified atom stereocenters. The number of hydrogen-bond donors (Lipinski definition) is 1. The van der Waals surface area contributed by atoms with Crippen LogP contribution in [-0.2, 0) is 13.2 Å². The number of hydrogen-bond acceptors (Lipinski definition) is 2. The average Bonchev–Trinajstić information content (AvgIpc) is 2.41. The molecular formula is C17H20FNO. The molecule has 2 aromatic rings. The molecule has 0 aliphatic rings. The number of rotatable bonds is 4. The summed E-state index contributed by atoms with van der Waals surface area (Å²) in [5.74, 6) is 0.577. The summed E-state index contributed by atoms with van der Waals surface area (Å²) in [6, 6.07) is 8.75. The van der Waals surface area contributed by atoms with Crippen molar-refractivity contribution in [1.29, 1.82) is 0 Å². The van der Waals surface area contributed by atoms with E-state index in [1.807, 2.05) is 19.9 Å². The van der Waals surface area contributed by atoms with Gasteiger partial charge in [0.2, 0.25) is 0 Å². The van der Waals surface area contributed by atoms with Crippen molar-refractivity contribution in [2.24, 2.45) is 5.73 Å². The third kappa shape index (κ3) is 3.17. The number of benzene rings is 2. The van der Waals surface area contributed by atoms with Crippen LogP contribution in [0.3, 0.4) is 0 Å². The molecule has 0 fully saturated rings. The SMILES string of the molecule is Cc1cc(C)c(C)c(OCc2cc(F)ccc2CN)c1. The van der Waals surface area contributed by atoms with Gasteiger partial charge in [-0.25, -0.2) is 4.39 Å². The highest BCUT2D eigenvalue weighted by Gasteiger charge is 2.07. The third-order valence-electron chi connectivity index (χ3n) is 3.54. The summed E-state index contributed by atoms with van der Waals surface area (Å²) >= 11 is 0. The van der Waals surface area contributed by atoms with Gasteiger partial charge in [-0.3, -0.25) is 0 Å². The molecule has 0 aliphatic heterocycles. The van der Waals surface area contributed by atoms with Gasteiger partial charge in [0.15, 0.2) is 0 Å². The molecule has 0 amide bonds. The van der Waals surface area contributed by atoms with Crippen LogP contribution in [-0.4, -0.2) is 0 Å². The Balaban J connectivity index is 2.23. The van der Waals surface area contributed by atoms with Crippen molar-refractivity contribution in [3.8, 4) is 5.75 Å². The van der Waals surface area contributed by atoms with Crippen molar-refractivity contribution in [3.05, 3.63) is 64.0 Å². The van der Waals surface area contributed by atoms with Crippen LogP contribution < -0.4 is 10.5 Å². The molecule has 2 N–H and O–H groups in total. The number of halogens is 1. The molecule has 2 rings (SSSR count). The Hall–Kier alpha value is -1.87. The summed E-state index contributed by atoms with van der Waals surface area (Å²) in [6.45, 7) is 6.83. The quantitative estimate of drug-likeness (QED) is 0.920. The molecule has 20 heavy (non-hydrogen) atoms. The first-order valence-electron chi connectivity index (χ1n) is 6.69. The average molecular weight is 273 g/mol. The monoisotopic (exact) mass is 273 g/mol. The Morgan fingerprint density at radius 2 is 1.80 bits per heavy atom. The highest BCUT2D eigenvalue weighted by atomic mass is 19.1. The summed E-state index contributed by atoms with van der Waals surface area (Å²) in [5, 5.41) is 0. The van der Waals surface area contributed by atoms with E-state index in [9.17, 15) is 4.39 Å². The van der Waals surface area contributed by atoms with E-state index in [1.165, 1.54) is 17.7 Å². The lowest BCUT2D eigenvalue weighted by Crippen LogP contribution is -2.06. The molecule has 0 saturated carbocycles. The van der Waals surface area contributed by atoms with Gasteiger partial charge in [0.05, 0.1) is 0 Å². The minimum Gasteiger partial charge on any atom is -0.489 e. The normalized spacial score (nSPS) is 10.7. The number of nitrogens with two attached hydrogens (primary N) is 1. The highest BCUT2D eigenvalue weighted by Crippen LogP contribution is 2.24. The maximum atomic E-state index is 13.3. The minimum absolute atomic E-state index is 0.266. The smallest absolute Gasteiger partial charge is 0.123 e. The van der Waals surface area contributed by atoms with E-state index in [-0.39, 0.29) is 5.82 Å². The van der Waals surface area contributed by atoms with Gasteiger partial charge in [-0.2, -0.15) is 0 Å². The lowest BCUT2D eigenvalue weighted by Gasteiger charge is -2.14. The van der Waals surface area contributed by atoms with Crippen LogP contribution in [0.4, 0.5) is 4.39 Å². The fraction of sp³-hybridized carbons (Fsp3) is 0.294. The summed E-state index contributed by atoms with van der Waals surface area (Å²) in [5.41, 5.74) is 10.8. The van der Waals surface area contributed by atoms with E-state index < -0.39 is 0 Å². The molecule has 0 heterocycles. The van der Waals surface area contributed by atoms with Crippen molar-refractivity contribution in [2.45, 2.75) is 33.9 Å². The van der Waals surface area contributed by atoms with E-state index in [1.54, 1.807) is 6.07 Å². The predicted molar refractivity (Wildman–Crippen MR) is 79.3 cm³/mol. The molecule has 2 nitrogen and oxygen atoms in total. The Morgan fingerprint density at radius 3 is 2.50 bits per heavy atom. The van der Waals surface area contributed by atoms with E-state index in [2.05, 4.69) is 13.0 Å². The third-order valence-corrected chi connectivity index (χ3v) is 3.54. The van der Waals surface area contributed by atoms with Crippen LogP contribution in [0.1, 0.15) is 27.8 Å². The zero-order valence-corrected chi connectivity index (χ0v) is 12.2. The second-order valence-corrected chi connectivity index (χ2v) is 5.11. The molecule has 3 heteroatoms. The van der Waals surface area contributed by atoms with Gasteiger partial charge < -0.3 is 10.5 Å². The minimum atomic E-state index is -0.266. The molecule has 0 spiro atoms. The summed E-state index contributed by atoms with van der Waals surface area (Å²) < 4.78 is 19.2. The molecule has 2 aromatic carbocycles. The highest BCUT2D eigenvalue weighted by molar-refractivity contribution is 5.42. The molecule has 0 radical (unpaired) electrons. The maximum absolute atomic E-state index is 13.3. The van der Waals surface area contributed by atoms with Crippen molar-refractivity contribution in [3.63, 3.8) is 0 Å². The molecule has 106 valence electrons. The molecule has 0 aromatic heterocycles. The van der Waals surface area contributed by atoms with E-state index in [0.717, 1.165) is 28.0 Å². The fourth-order valence-corrected chi connectivity index (χ4v) is 2.23. The zero-order chi connectivity index (χ0) is 14.7. The van der Waals surface area contributed by atoms with Crippen LogP contribution in [0.25, 0.3) is 0 Å². The van der Waals surface area contributed by atoms with Gasteiger partial charge in [0.1, 0.15) is 18.2 Å². The topological polar surface area (TPSA) is 35.2 Å². The van der Waals surface area contributed by atoms with Crippen LogP contribution in [0, 0.1) is 26.6 Å². The largest absolute Gasteiger partial charge is 0.489 e.